The van der Waals surface area contributed by atoms with Crippen LogP contribution in [0.3, 0.4) is 0 Å². The smallest absolute Gasteiger partial charge is 0.189 e. The molecule has 0 amide bonds. The Labute approximate surface area is 199 Å². The van der Waals surface area contributed by atoms with Gasteiger partial charge < -0.3 is 19.9 Å². The van der Waals surface area contributed by atoms with Gasteiger partial charge in [-0.3, -0.25) is 0 Å². The second-order valence-corrected chi connectivity index (χ2v) is 8.55. The molecule has 6 nitrogen and oxygen atoms in total. The minimum atomic E-state index is -0.171. The summed E-state index contributed by atoms with van der Waals surface area (Å²) in [5.41, 5.74) is 2.85. The fraction of sp³-hybridized carbons (Fsp3) is 0.360. The zero-order chi connectivity index (χ0) is 23.0. The van der Waals surface area contributed by atoms with Gasteiger partial charge in [-0.15, -0.1) is 0 Å². The van der Waals surface area contributed by atoms with Crippen molar-refractivity contribution in [3.63, 3.8) is 0 Å². The number of ether oxygens (including phenoxy) is 1. The lowest BCUT2D eigenvalue weighted by atomic mass is 10.2. The molecule has 4 rings (SSSR count). The highest BCUT2D eigenvalue weighted by Crippen LogP contribution is 2.25. The SMILES string of the molecule is CCOc1ccccc1CNCc1cnc(SC)nc1N1CCN(c2ccccc2F)CC1. The number of benzene rings is 2. The van der Waals surface area contributed by atoms with Gasteiger partial charge in [0.05, 0.1) is 12.3 Å². The van der Waals surface area contributed by atoms with Crippen LogP contribution >= 0.6 is 11.8 Å². The molecule has 8 heteroatoms. The summed E-state index contributed by atoms with van der Waals surface area (Å²) in [4.78, 5) is 13.7. The summed E-state index contributed by atoms with van der Waals surface area (Å²) in [7, 11) is 0. The van der Waals surface area contributed by atoms with E-state index in [9.17, 15) is 4.39 Å². The van der Waals surface area contributed by atoms with Gasteiger partial charge in [0.15, 0.2) is 5.16 Å². The molecule has 2 aromatic carbocycles. The number of nitrogens with zero attached hydrogens (tertiary/aromatic N) is 4. The first-order valence-electron chi connectivity index (χ1n) is 11.2. The molecule has 1 fully saturated rings. The molecular formula is C25H30FN5OS. The molecule has 3 aromatic rings. The second-order valence-electron chi connectivity index (χ2n) is 7.78. The average Bonchev–Trinajstić information content (AvgIpc) is 2.86. The zero-order valence-corrected chi connectivity index (χ0v) is 19.9. The Balaban J connectivity index is 1.44. The molecule has 174 valence electrons. The van der Waals surface area contributed by atoms with Gasteiger partial charge in [0.1, 0.15) is 17.4 Å². The van der Waals surface area contributed by atoms with Crippen LogP contribution in [-0.2, 0) is 13.1 Å². The molecule has 0 atom stereocenters. The van der Waals surface area contributed by atoms with E-state index in [2.05, 4.69) is 26.2 Å². The first kappa shape index (κ1) is 23.3. The number of piperazine rings is 1. The normalized spacial score (nSPS) is 13.9. The largest absolute Gasteiger partial charge is 0.494 e. The van der Waals surface area contributed by atoms with Crippen LogP contribution in [0.15, 0.2) is 59.9 Å². The highest BCUT2D eigenvalue weighted by Gasteiger charge is 2.22. The van der Waals surface area contributed by atoms with E-state index in [0.717, 1.165) is 54.0 Å². The lowest BCUT2D eigenvalue weighted by Crippen LogP contribution is -2.47. The van der Waals surface area contributed by atoms with E-state index < -0.39 is 0 Å². The number of para-hydroxylation sites is 2. The molecule has 0 saturated carbocycles. The number of hydrogen-bond acceptors (Lipinski definition) is 7. The van der Waals surface area contributed by atoms with Crippen molar-refractivity contribution in [1.82, 2.24) is 15.3 Å². The molecule has 1 saturated heterocycles. The van der Waals surface area contributed by atoms with Gasteiger partial charge in [0.25, 0.3) is 0 Å². The maximum atomic E-state index is 14.2. The van der Waals surface area contributed by atoms with Crippen LogP contribution in [0.1, 0.15) is 18.1 Å². The van der Waals surface area contributed by atoms with E-state index in [1.165, 1.54) is 17.8 Å². The van der Waals surface area contributed by atoms with Crippen LogP contribution in [0, 0.1) is 5.82 Å². The van der Waals surface area contributed by atoms with Gasteiger partial charge in [0, 0.05) is 56.6 Å². The van der Waals surface area contributed by atoms with Crippen LogP contribution in [0.2, 0.25) is 0 Å². The van der Waals surface area contributed by atoms with Gasteiger partial charge in [-0.05, 0) is 31.4 Å². The van der Waals surface area contributed by atoms with Crippen molar-refractivity contribution >= 4 is 23.3 Å². The third kappa shape index (κ3) is 5.75. The fourth-order valence-electron chi connectivity index (χ4n) is 4.02. The number of hydrogen-bond donors (Lipinski definition) is 1. The van der Waals surface area contributed by atoms with Gasteiger partial charge >= 0.3 is 0 Å². The lowest BCUT2D eigenvalue weighted by Gasteiger charge is -2.37. The standard InChI is InChI=1S/C25H30FN5OS/c1-3-32-23-11-7-4-8-19(23)16-27-17-20-18-28-25(33-2)29-24(20)31-14-12-30(13-15-31)22-10-6-5-9-21(22)26/h4-11,18,27H,3,12-17H2,1-2H3. The Morgan fingerprint density at radius 3 is 2.42 bits per heavy atom. The summed E-state index contributed by atoms with van der Waals surface area (Å²) in [5.74, 6) is 1.69. The van der Waals surface area contributed by atoms with Gasteiger partial charge in [-0.25, -0.2) is 14.4 Å². The average molecular weight is 468 g/mol. The number of thioether (sulfide) groups is 1. The number of rotatable bonds is 9. The maximum absolute atomic E-state index is 14.2. The van der Waals surface area contributed by atoms with Gasteiger partial charge in [-0.2, -0.15) is 0 Å². The van der Waals surface area contributed by atoms with Crippen molar-refractivity contribution in [1.29, 1.82) is 0 Å². The van der Waals surface area contributed by atoms with Gasteiger partial charge in [0.2, 0.25) is 0 Å². The predicted molar refractivity (Wildman–Crippen MR) is 133 cm³/mol. The summed E-state index contributed by atoms with van der Waals surface area (Å²) in [6.45, 7) is 7.02. The molecule has 0 unspecified atom stereocenters. The summed E-state index contributed by atoms with van der Waals surface area (Å²) < 4.78 is 20.0. The zero-order valence-electron chi connectivity index (χ0n) is 19.1. The lowest BCUT2D eigenvalue weighted by molar-refractivity contribution is 0.335. The number of halogens is 1. The van der Waals surface area contributed by atoms with Crippen LogP contribution < -0.4 is 19.9 Å². The Morgan fingerprint density at radius 2 is 1.67 bits per heavy atom. The van der Waals surface area contributed by atoms with Crippen molar-refractivity contribution < 1.29 is 9.13 Å². The molecule has 1 aliphatic rings. The van der Waals surface area contributed by atoms with Crippen molar-refractivity contribution in [2.24, 2.45) is 0 Å². The maximum Gasteiger partial charge on any atom is 0.189 e. The highest BCUT2D eigenvalue weighted by atomic mass is 32.2. The summed E-state index contributed by atoms with van der Waals surface area (Å²) in [6, 6.07) is 15.1. The highest BCUT2D eigenvalue weighted by molar-refractivity contribution is 7.98. The Kier molecular flexibility index (Phi) is 8.01. The van der Waals surface area contributed by atoms with Crippen LogP contribution in [0.4, 0.5) is 15.9 Å². The van der Waals surface area contributed by atoms with E-state index >= 15 is 0 Å². The van der Waals surface area contributed by atoms with Gasteiger partial charge in [-0.1, -0.05) is 42.1 Å². The monoisotopic (exact) mass is 467 g/mol. The van der Waals surface area contributed by atoms with Crippen LogP contribution in [0.5, 0.6) is 5.75 Å². The molecule has 0 radical (unpaired) electrons. The molecule has 0 aliphatic carbocycles. The van der Waals surface area contributed by atoms with E-state index in [1.807, 2.05) is 49.7 Å². The molecule has 2 heterocycles. The molecule has 0 spiro atoms. The number of aromatic nitrogens is 2. The summed E-state index contributed by atoms with van der Waals surface area (Å²) in [5, 5.41) is 4.28. The Morgan fingerprint density at radius 1 is 0.970 bits per heavy atom. The molecule has 33 heavy (non-hydrogen) atoms. The van der Waals surface area contributed by atoms with E-state index in [-0.39, 0.29) is 5.82 Å². The molecule has 0 bridgehead atoms. The summed E-state index contributed by atoms with van der Waals surface area (Å²) in [6.07, 6.45) is 3.90. The van der Waals surface area contributed by atoms with E-state index in [1.54, 1.807) is 6.07 Å². The van der Waals surface area contributed by atoms with E-state index in [4.69, 9.17) is 9.72 Å². The first-order valence-corrected chi connectivity index (χ1v) is 12.5. The predicted octanol–water partition coefficient (Wildman–Crippen LogP) is 4.35. The van der Waals surface area contributed by atoms with Crippen molar-refractivity contribution in [2.45, 2.75) is 25.2 Å². The molecule has 1 N–H and O–H groups in total. The van der Waals surface area contributed by atoms with E-state index in [0.29, 0.717) is 25.4 Å². The quantitative estimate of drug-likeness (QED) is 0.371. The van der Waals surface area contributed by atoms with Crippen molar-refractivity contribution in [3.05, 3.63) is 71.7 Å². The minimum Gasteiger partial charge on any atom is -0.494 e. The topological polar surface area (TPSA) is 53.5 Å². The first-order chi connectivity index (χ1) is 16.2. The van der Waals surface area contributed by atoms with Crippen LogP contribution in [-0.4, -0.2) is 49.0 Å². The second kappa shape index (κ2) is 11.3. The molecule has 1 aliphatic heterocycles. The Hall–Kier alpha value is -2.84. The third-order valence-corrected chi connectivity index (χ3v) is 6.24. The number of anilines is 2. The van der Waals surface area contributed by atoms with Crippen molar-refractivity contribution in [2.75, 3.05) is 48.8 Å². The molecule has 1 aromatic heterocycles. The fourth-order valence-corrected chi connectivity index (χ4v) is 4.36. The minimum absolute atomic E-state index is 0.171. The van der Waals surface area contributed by atoms with Crippen LogP contribution in [0.25, 0.3) is 0 Å². The molecular weight excluding hydrogens is 437 g/mol. The Bertz CT molecular complexity index is 1060. The van der Waals surface area contributed by atoms with Crippen molar-refractivity contribution in [3.8, 4) is 5.75 Å². The summed E-state index contributed by atoms with van der Waals surface area (Å²) >= 11 is 1.54. The third-order valence-electron chi connectivity index (χ3n) is 5.68. The number of nitrogens with one attached hydrogen (secondary N) is 1.